The topological polar surface area (TPSA) is 9.23 Å². The first-order valence-electron chi connectivity index (χ1n) is 16.6. The molecule has 262 valence electrons. The van der Waals surface area contributed by atoms with Crippen LogP contribution in [-0.2, 0) is 12.4 Å². The average molecular weight is 723 g/mol. The molecular formula is C44H33F6OP. The first-order chi connectivity index (χ1) is 24.7. The van der Waals surface area contributed by atoms with E-state index in [-0.39, 0.29) is 10.6 Å². The minimum atomic E-state index is -4.68. The quantitative estimate of drug-likeness (QED) is 0.123. The van der Waals surface area contributed by atoms with Crippen molar-refractivity contribution in [2.75, 3.05) is 7.11 Å². The first kappa shape index (κ1) is 35.3. The zero-order chi connectivity index (χ0) is 36.9. The second-order valence-electron chi connectivity index (χ2n) is 13.0. The van der Waals surface area contributed by atoms with E-state index in [1.807, 2.05) is 97.9 Å². The summed E-state index contributed by atoms with van der Waals surface area (Å²) in [6, 6.07) is 36.8. The minimum Gasteiger partial charge on any atom is -0.496 e. The van der Waals surface area contributed by atoms with Gasteiger partial charge in [-0.25, -0.2) is 0 Å². The molecule has 1 nitrogen and oxygen atoms in total. The van der Waals surface area contributed by atoms with Crippen LogP contribution < -0.4 is 20.7 Å². The zero-order valence-electron chi connectivity index (χ0n) is 28.7. The Hall–Kier alpha value is -5.13. The molecule has 0 fully saturated rings. The molecule has 52 heavy (non-hydrogen) atoms. The van der Waals surface area contributed by atoms with Crippen molar-refractivity contribution in [2.24, 2.45) is 0 Å². The van der Waals surface area contributed by atoms with E-state index in [1.165, 1.54) is 0 Å². The normalized spacial score (nSPS) is 12.2. The van der Waals surface area contributed by atoms with Crippen LogP contribution in [0.1, 0.15) is 27.8 Å². The molecule has 0 aliphatic carbocycles. The fourth-order valence-corrected chi connectivity index (χ4v) is 10.0. The van der Waals surface area contributed by atoms with Crippen molar-refractivity contribution in [3.8, 4) is 28.0 Å². The first-order valence-corrected chi connectivity index (χ1v) is 17.9. The Bertz CT molecular complexity index is 2420. The van der Waals surface area contributed by atoms with E-state index in [1.54, 1.807) is 33.1 Å². The fraction of sp³-hybridized carbons (Fsp3) is 0.136. The minimum absolute atomic E-state index is 0.284. The third-order valence-electron chi connectivity index (χ3n) is 9.34. The highest BCUT2D eigenvalue weighted by atomic mass is 31.1. The van der Waals surface area contributed by atoms with Crippen molar-refractivity contribution in [2.45, 2.75) is 33.1 Å². The van der Waals surface area contributed by atoms with Crippen molar-refractivity contribution >= 4 is 45.4 Å². The van der Waals surface area contributed by atoms with Gasteiger partial charge in [-0.1, -0.05) is 97.1 Å². The number of fused-ring (bicyclic) bond motifs is 2. The van der Waals surface area contributed by atoms with Crippen LogP contribution >= 0.6 is 7.92 Å². The number of aryl methyl sites for hydroxylation is 3. The molecule has 0 aromatic heterocycles. The summed E-state index contributed by atoms with van der Waals surface area (Å²) in [6.45, 7) is 5.14. The number of hydrogen-bond donors (Lipinski definition) is 0. The predicted octanol–water partition coefficient (Wildman–Crippen LogP) is 12.1. The van der Waals surface area contributed by atoms with Crippen molar-refractivity contribution < 1.29 is 31.1 Å². The Kier molecular flexibility index (Phi) is 9.12. The molecule has 0 radical (unpaired) electrons. The molecule has 0 spiro atoms. The molecule has 7 aromatic rings. The maximum atomic E-state index is 14.5. The molecule has 0 bridgehead atoms. The molecule has 8 heteroatoms. The number of methoxy groups -OCH3 is 1. The molecule has 0 aliphatic rings. The standard InChI is InChI=1S/C44H33F6OP/c1-26-20-31(43(45,46)47)24-33(22-26)52(34-23-27(2)21-32(25-34)44(48,49)50)42-37(40-28(3)16-17-29-10-5-7-12-35(29)40)14-9-15-38(42)41-36-13-8-6-11-30(36)18-19-39(41)51-4/h5-25H,1-4H3. The van der Waals surface area contributed by atoms with E-state index < -0.39 is 31.4 Å². The van der Waals surface area contributed by atoms with Gasteiger partial charge in [-0.2, -0.15) is 26.3 Å². The summed E-state index contributed by atoms with van der Waals surface area (Å²) >= 11 is 0. The summed E-state index contributed by atoms with van der Waals surface area (Å²) in [6.07, 6.45) is -9.36. The summed E-state index contributed by atoms with van der Waals surface area (Å²) in [5, 5.41) is 4.82. The Labute approximate surface area is 299 Å². The van der Waals surface area contributed by atoms with E-state index in [0.717, 1.165) is 62.5 Å². The van der Waals surface area contributed by atoms with Gasteiger partial charge in [0.2, 0.25) is 0 Å². The molecule has 0 unspecified atom stereocenters. The Balaban J connectivity index is 1.72. The monoisotopic (exact) mass is 722 g/mol. The number of halogens is 6. The van der Waals surface area contributed by atoms with Crippen molar-refractivity contribution in [3.63, 3.8) is 0 Å². The fourth-order valence-electron chi connectivity index (χ4n) is 7.14. The van der Waals surface area contributed by atoms with Crippen molar-refractivity contribution in [1.29, 1.82) is 0 Å². The number of ether oxygens (including phenoxy) is 1. The second kappa shape index (κ2) is 13.4. The molecule has 0 aliphatic heterocycles. The molecule has 7 rings (SSSR count). The molecule has 0 heterocycles. The number of hydrogen-bond acceptors (Lipinski definition) is 1. The predicted molar refractivity (Wildman–Crippen MR) is 202 cm³/mol. The lowest BCUT2D eigenvalue weighted by molar-refractivity contribution is -0.138. The van der Waals surface area contributed by atoms with E-state index in [9.17, 15) is 26.3 Å². The maximum absolute atomic E-state index is 14.5. The van der Waals surface area contributed by atoms with Crippen LogP contribution in [0.3, 0.4) is 0 Å². The molecule has 0 N–H and O–H groups in total. The van der Waals surface area contributed by atoms with Crippen LogP contribution in [0.2, 0.25) is 0 Å². The molecular weight excluding hydrogens is 689 g/mol. The van der Waals surface area contributed by atoms with Gasteiger partial charge in [0.05, 0.1) is 18.2 Å². The number of benzene rings is 7. The van der Waals surface area contributed by atoms with E-state index >= 15 is 0 Å². The van der Waals surface area contributed by atoms with Gasteiger partial charge in [0, 0.05) is 10.9 Å². The van der Waals surface area contributed by atoms with Crippen molar-refractivity contribution in [3.05, 3.63) is 155 Å². The van der Waals surface area contributed by atoms with Gasteiger partial charge in [-0.05, 0) is 125 Å². The highest BCUT2D eigenvalue weighted by Gasteiger charge is 2.36. The van der Waals surface area contributed by atoms with Crippen LogP contribution in [0.5, 0.6) is 5.75 Å². The summed E-state index contributed by atoms with van der Waals surface area (Å²) in [5.41, 5.74) is 2.84. The average Bonchev–Trinajstić information content (AvgIpc) is 3.10. The van der Waals surface area contributed by atoms with Gasteiger partial charge < -0.3 is 4.74 Å². The molecule has 0 atom stereocenters. The third kappa shape index (κ3) is 6.54. The summed E-state index contributed by atoms with van der Waals surface area (Å²) in [7, 11) is -0.533. The highest BCUT2D eigenvalue weighted by Crippen LogP contribution is 2.48. The van der Waals surface area contributed by atoms with Gasteiger partial charge in [0.1, 0.15) is 5.75 Å². The lowest BCUT2D eigenvalue weighted by atomic mass is 9.90. The molecule has 0 amide bonds. The van der Waals surface area contributed by atoms with E-state index in [4.69, 9.17) is 4.74 Å². The second-order valence-corrected chi connectivity index (χ2v) is 15.1. The lowest BCUT2D eigenvalue weighted by Crippen LogP contribution is -2.26. The van der Waals surface area contributed by atoms with Gasteiger partial charge in [-0.15, -0.1) is 0 Å². The van der Waals surface area contributed by atoms with Gasteiger partial charge in [0.15, 0.2) is 0 Å². The van der Waals surface area contributed by atoms with Crippen LogP contribution in [0.15, 0.2) is 127 Å². The summed E-state index contributed by atoms with van der Waals surface area (Å²) in [4.78, 5) is 0. The van der Waals surface area contributed by atoms with Crippen LogP contribution in [-0.4, -0.2) is 7.11 Å². The third-order valence-corrected chi connectivity index (χ3v) is 11.8. The van der Waals surface area contributed by atoms with Gasteiger partial charge in [0.25, 0.3) is 0 Å². The zero-order valence-corrected chi connectivity index (χ0v) is 29.6. The molecule has 0 saturated heterocycles. The van der Waals surface area contributed by atoms with E-state index in [0.29, 0.717) is 33.3 Å². The van der Waals surface area contributed by atoms with Gasteiger partial charge in [-0.3, -0.25) is 0 Å². The van der Waals surface area contributed by atoms with Crippen LogP contribution in [0.25, 0.3) is 43.8 Å². The van der Waals surface area contributed by atoms with Crippen LogP contribution in [0, 0.1) is 20.8 Å². The maximum Gasteiger partial charge on any atom is 0.416 e. The Morgan fingerprint density at radius 1 is 0.500 bits per heavy atom. The number of rotatable bonds is 6. The largest absolute Gasteiger partial charge is 0.496 e. The lowest BCUT2D eigenvalue weighted by Gasteiger charge is -2.29. The number of alkyl halides is 6. The van der Waals surface area contributed by atoms with Crippen LogP contribution in [0.4, 0.5) is 26.3 Å². The molecule has 7 aromatic carbocycles. The smallest absolute Gasteiger partial charge is 0.416 e. The van der Waals surface area contributed by atoms with Gasteiger partial charge >= 0.3 is 12.4 Å². The van der Waals surface area contributed by atoms with Crippen molar-refractivity contribution in [1.82, 2.24) is 0 Å². The Morgan fingerprint density at radius 2 is 0.981 bits per heavy atom. The summed E-state index contributed by atoms with van der Waals surface area (Å²) in [5.74, 6) is 0.530. The SMILES string of the molecule is COc1ccc2ccccc2c1-c1cccc(-c2c(C)ccc3ccccc23)c1P(c1cc(C)cc(C(F)(F)F)c1)c1cc(C)cc(C(F)(F)F)c1. The van der Waals surface area contributed by atoms with E-state index in [2.05, 4.69) is 0 Å². The highest BCUT2D eigenvalue weighted by molar-refractivity contribution is 7.80. The summed E-state index contributed by atoms with van der Waals surface area (Å²) < 4.78 is 93.2. The Morgan fingerprint density at radius 3 is 1.50 bits per heavy atom. The molecule has 0 saturated carbocycles.